The van der Waals surface area contributed by atoms with Gasteiger partial charge in [-0.05, 0) is 31.5 Å². The fraction of sp³-hybridized carbons (Fsp3) is 0.417. The fourth-order valence-corrected chi connectivity index (χ4v) is 1.85. The third-order valence-electron chi connectivity index (χ3n) is 2.72. The molecule has 1 fully saturated rings. The van der Waals surface area contributed by atoms with Crippen LogP contribution >= 0.6 is 0 Å². The summed E-state index contributed by atoms with van der Waals surface area (Å²) in [6.45, 7) is 1.14. The van der Waals surface area contributed by atoms with Crippen molar-refractivity contribution < 1.29 is 13.5 Å². The predicted octanol–water partition coefficient (Wildman–Crippen LogP) is 1.97. The molecule has 17 heavy (non-hydrogen) atoms. The summed E-state index contributed by atoms with van der Waals surface area (Å²) in [6.07, 6.45) is 1.99. The van der Waals surface area contributed by atoms with E-state index in [1.165, 1.54) is 0 Å². The third kappa shape index (κ3) is 2.71. The van der Waals surface area contributed by atoms with E-state index in [1.807, 2.05) is 0 Å². The number of nitriles is 1. The van der Waals surface area contributed by atoms with Gasteiger partial charge in [-0.2, -0.15) is 5.26 Å². The molecule has 1 aromatic carbocycles. The Morgan fingerprint density at radius 1 is 1.41 bits per heavy atom. The molecule has 1 unspecified atom stereocenters. The van der Waals surface area contributed by atoms with Gasteiger partial charge in [0.15, 0.2) is 17.4 Å². The van der Waals surface area contributed by atoms with E-state index in [1.54, 1.807) is 6.07 Å². The van der Waals surface area contributed by atoms with Crippen LogP contribution < -0.4 is 10.1 Å². The zero-order valence-electron chi connectivity index (χ0n) is 9.17. The Hall–Kier alpha value is -1.67. The maximum Gasteiger partial charge on any atom is 0.190 e. The molecule has 1 atom stereocenters. The van der Waals surface area contributed by atoms with Crippen molar-refractivity contribution in [2.24, 2.45) is 0 Å². The van der Waals surface area contributed by atoms with Gasteiger partial charge in [0.2, 0.25) is 0 Å². The first-order chi connectivity index (χ1) is 8.20. The van der Waals surface area contributed by atoms with Crippen molar-refractivity contribution >= 4 is 0 Å². The van der Waals surface area contributed by atoms with Crippen LogP contribution in [0.1, 0.15) is 18.4 Å². The Labute approximate surface area is 98.0 Å². The van der Waals surface area contributed by atoms with Crippen LogP contribution in [0.15, 0.2) is 12.1 Å². The molecule has 5 heteroatoms. The minimum absolute atomic E-state index is 0.0497. The summed E-state index contributed by atoms with van der Waals surface area (Å²) in [5, 5.41) is 11.7. The lowest BCUT2D eigenvalue weighted by Crippen LogP contribution is -2.28. The highest BCUT2D eigenvalue weighted by Gasteiger charge is 2.18. The highest BCUT2D eigenvalue weighted by atomic mass is 19.1. The lowest BCUT2D eigenvalue weighted by Gasteiger charge is -2.13. The van der Waals surface area contributed by atoms with E-state index in [2.05, 4.69) is 5.32 Å². The Morgan fingerprint density at radius 3 is 2.65 bits per heavy atom. The highest BCUT2D eigenvalue weighted by Crippen LogP contribution is 2.23. The summed E-state index contributed by atoms with van der Waals surface area (Å²) in [5.74, 6) is -2.07. The second kappa shape index (κ2) is 5.11. The van der Waals surface area contributed by atoms with Gasteiger partial charge in [-0.25, -0.2) is 8.78 Å². The largest absolute Gasteiger partial charge is 0.486 e. The van der Waals surface area contributed by atoms with Gasteiger partial charge in [-0.15, -0.1) is 0 Å². The normalized spacial score (nSPS) is 19.0. The zero-order valence-corrected chi connectivity index (χ0v) is 9.17. The molecular formula is C12H12F2N2O. The van der Waals surface area contributed by atoms with E-state index in [9.17, 15) is 8.78 Å². The molecule has 2 rings (SSSR count). The van der Waals surface area contributed by atoms with Crippen LogP contribution in [0.25, 0.3) is 0 Å². The summed E-state index contributed by atoms with van der Waals surface area (Å²) < 4.78 is 32.0. The number of nitrogens with one attached hydrogen (secondary N) is 1. The van der Waals surface area contributed by atoms with Crippen molar-refractivity contribution in [3.8, 4) is 11.8 Å². The molecule has 0 amide bonds. The van der Waals surface area contributed by atoms with Crippen molar-refractivity contribution in [1.82, 2.24) is 5.32 Å². The summed E-state index contributed by atoms with van der Waals surface area (Å²) in [6, 6.07) is 3.77. The predicted molar refractivity (Wildman–Crippen MR) is 57.6 cm³/mol. The molecule has 1 aromatic rings. The molecule has 0 spiro atoms. The molecule has 0 aromatic heterocycles. The van der Waals surface area contributed by atoms with E-state index in [0.29, 0.717) is 0 Å². The molecule has 1 saturated heterocycles. The van der Waals surface area contributed by atoms with Crippen LogP contribution in [-0.4, -0.2) is 19.2 Å². The van der Waals surface area contributed by atoms with E-state index in [0.717, 1.165) is 31.5 Å². The summed E-state index contributed by atoms with van der Waals surface area (Å²) in [7, 11) is 0. The molecular weight excluding hydrogens is 226 g/mol. The van der Waals surface area contributed by atoms with Crippen molar-refractivity contribution in [2.75, 3.05) is 13.2 Å². The van der Waals surface area contributed by atoms with Gasteiger partial charge in [-0.1, -0.05) is 0 Å². The van der Waals surface area contributed by atoms with Gasteiger partial charge in [0.25, 0.3) is 0 Å². The van der Waals surface area contributed by atoms with Crippen molar-refractivity contribution in [3.63, 3.8) is 0 Å². The number of hydrogen-bond donors (Lipinski definition) is 1. The monoisotopic (exact) mass is 238 g/mol. The lowest BCUT2D eigenvalue weighted by atomic mass is 10.2. The average Bonchev–Trinajstić information content (AvgIpc) is 2.80. The van der Waals surface area contributed by atoms with E-state index in [-0.39, 0.29) is 18.2 Å². The smallest absolute Gasteiger partial charge is 0.190 e. The number of rotatable bonds is 3. The Kier molecular flexibility index (Phi) is 3.55. The Bertz CT molecular complexity index is 427. The number of benzene rings is 1. The quantitative estimate of drug-likeness (QED) is 0.875. The van der Waals surface area contributed by atoms with Crippen molar-refractivity contribution in [2.45, 2.75) is 18.9 Å². The minimum Gasteiger partial charge on any atom is -0.486 e. The van der Waals surface area contributed by atoms with Crippen LogP contribution in [0, 0.1) is 23.0 Å². The van der Waals surface area contributed by atoms with Crippen LogP contribution in [0.4, 0.5) is 8.78 Å². The SMILES string of the molecule is N#Cc1cc(F)c(OCC2CCCN2)c(F)c1. The van der Waals surface area contributed by atoms with E-state index >= 15 is 0 Å². The Morgan fingerprint density at radius 2 is 2.12 bits per heavy atom. The topological polar surface area (TPSA) is 45.0 Å². The first kappa shape index (κ1) is 11.8. The molecule has 0 bridgehead atoms. The van der Waals surface area contributed by atoms with Gasteiger partial charge in [0.1, 0.15) is 6.61 Å². The maximum atomic E-state index is 13.4. The van der Waals surface area contributed by atoms with Gasteiger partial charge in [0.05, 0.1) is 11.6 Å². The molecule has 1 heterocycles. The van der Waals surface area contributed by atoms with Crippen LogP contribution in [0.5, 0.6) is 5.75 Å². The molecule has 3 nitrogen and oxygen atoms in total. The van der Waals surface area contributed by atoms with E-state index < -0.39 is 17.4 Å². The molecule has 0 saturated carbocycles. The summed E-state index contributed by atoms with van der Waals surface area (Å²) in [5.41, 5.74) is -0.0497. The second-order valence-electron chi connectivity index (χ2n) is 3.99. The molecule has 90 valence electrons. The standard InChI is InChI=1S/C12H12F2N2O/c13-10-4-8(6-15)5-11(14)12(10)17-7-9-2-1-3-16-9/h4-5,9,16H,1-3,7H2. The van der Waals surface area contributed by atoms with Crippen molar-refractivity contribution in [1.29, 1.82) is 5.26 Å². The number of halogens is 2. The molecule has 1 aliphatic rings. The first-order valence-corrected chi connectivity index (χ1v) is 5.46. The summed E-state index contributed by atoms with van der Waals surface area (Å²) >= 11 is 0. The average molecular weight is 238 g/mol. The fourth-order valence-electron chi connectivity index (χ4n) is 1.85. The van der Waals surface area contributed by atoms with Crippen molar-refractivity contribution in [3.05, 3.63) is 29.3 Å². The maximum absolute atomic E-state index is 13.4. The molecule has 0 aliphatic carbocycles. The zero-order chi connectivity index (χ0) is 12.3. The molecule has 1 aliphatic heterocycles. The van der Waals surface area contributed by atoms with Crippen LogP contribution in [-0.2, 0) is 0 Å². The first-order valence-electron chi connectivity index (χ1n) is 5.46. The molecule has 1 N–H and O–H groups in total. The minimum atomic E-state index is -0.834. The van der Waals surface area contributed by atoms with Crippen LogP contribution in [0.3, 0.4) is 0 Å². The highest BCUT2D eigenvalue weighted by molar-refractivity contribution is 5.37. The summed E-state index contributed by atoms with van der Waals surface area (Å²) in [4.78, 5) is 0. The Balaban J connectivity index is 2.07. The molecule has 0 radical (unpaired) electrons. The van der Waals surface area contributed by atoms with E-state index in [4.69, 9.17) is 10.00 Å². The number of hydrogen-bond acceptors (Lipinski definition) is 3. The van der Waals surface area contributed by atoms with Crippen LogP contribution in [0.2, 0.25) is 0 Å². The number of ether oxygens (including phenoxy) is 1. The van der Waals surface area contributed by atoms with Gasteiger partial charge in [0, 0.05) is 6.04 Å². The second-order valence-corrected chi connectivity index (χ2v) is 3.99. The van der Waals surface area contributed by atoms with Gasteiger partial charge in [-0.3, -0.25) is 0 Å². The number of nitrogens with zero attached hydrogens (tertiary/aromatic N) is 1. The third-order valence-corrected chi connectivity index (χ3v) is 2.72. The van der Waals surface area contributed by atoms with Gasteiger partial charge >= 0.3 is 0 Å². The lowest BCUT2D eigenvalue weighted by molar-refractivity contribution is 0.253. The van der Waals surface area contributed by atoms with Gasteiger partial charge < -0.3 is 10.1 Å².